The minimum Gasteiger partial charge on any atom is -0.403 e. The number of hydrogen-bond donors (Lipinski definition) is 1. The summed E-state index contributed by atoms with van der Waals surface area (Å²) in [6, 6.07) is 4.32. The van der Waals surface area contributed by atoms with Gasteiger partial charge in [-0.2, -0.15) is 0 Å². The van der Waals surface area contributed by atoms with E-state index in [1.54, 1.807) is 6.92 Å². The van der Waals surface area contributed by atoms with Crippen molar-refractivity contribution in [2.75, 3.05) is 0 Å². The number of alkyl halides is 3. The first-order valence-electron chi connectivity index (χ1n) is 8.80. The van der Waals surface area contributed by atoms with E-state index in [2.05, 4.69) is 20.0 Å². The summed E-state index contributed by atoms with van der Waals surface area (Å²) >= 11 is 0. The molecule has 1 aromatic heterocycles. The first-order valence-corrected chi connectivity index (χ1v) is 8.80. The molecule has 1 aromatic carbocycles. The normalized spacial score (nSPS) is 13.8. The Morgan fingerprint density at radius 2 is 1.93 bits per heavy atom. The summed E-state index contributed by atoms with van der Waals surface area (Å²) < 4.78 is 53.8. The van der Waals surface area contributed by atoms with Crippen molar-refractivity contribution in [3.8, 4) is 5.75 Å². The molecule has 1 amide bonds. The number of carbonyl (C=O) groups is 2. The van der Waals surface area contributed by atoms with Crippen molar-refractivity contribution in [1.82, 2.24) is 15.3 Å². The SMILES string of the molecule is Cc1cc(C(=O)NCc2ccc(OC(F)(F)F)c(F)c2)nc(CC(=O)C2CC2)n1. The first kappa shape index (κ1) is 20.7. The number of aryl methyl sites for hydroxylation is 1. The zero-order chi connectivity index (χ0) is 21.2. The highest BCUT2D eigenvalue weighted by molar-refractivity contribution is 5.92. The Balaban J connectivity index is 1.63. The quantitative estimate of drug-likeness (QED) is 0.708. The van der Waals surface area contributed by atoms with Crippen LogP contribution < -0.4 is 10.1 Å². The molecule has 29 heavy (non-hydrogen) atoms. The first-order chi connectivity index (χ1) is 13.6. The van der Waals surface area contributed by atoms with Gasteiger partial charge in [0.2, 0.25) is 0 Å². The molecule has 154 valence electrons. The van der Waals surface area contributed by atoms with Crippen LogP contribution in [0.1, 0.15) is 40.4 Å². The van der Waals surface area contributed by atoms with Crippen LogP contribution >= 0.6 is 0 Å². The largest absolute Gasteiger partial charge is 0.573 e. The molecule has 0 aliphatic heterocycles. The van der Waals surface area contributed by atoms with Gasteiger partial charge in [0, 0.05) is 18.2 Å². The summed E-state index contributed by atoms with van der Waals surface area (Å²) in [5.41, 5.74) is 0.803. The predicted molar refractivity (Wildman–Crippen MR) is 92.5 cm³/mol. The summed E-state index contributed by atoms with van der Waals surface area (Å²) in [4.78, 5) is 32.5. The molecule has 0 spiro atoms. The van der Waals surface area contributed by atoms with E-state index in [0.717, 1.165) is 25.0 Å². The topological polar surface area (TPSA) is 81.2 Å². The fourth-order valence-electron chi connectivity index (χ4n) is 2.67. The van der Waals surface area contributed by atoms with Gasteiger partial charge in [0.1, 0.15) is 17.3 Å². The Bertz CT molecular complexity index is 943. The number of ether oxygens (including phenoxy) is 1. The molecule has 1 saturated carbocycles. The Morgan fingerprint density at radius 1 is 1.21 bits per heavy atom. The lowest BCUT2D eigenvalue weighted by Crippen LogP contribution is -2.25. The molecule has 0 saturated heterocycles. The van der Waals surface area contributed by atoms with E-state index in [-0.39, 0.29) is 41.7 Å². The van der Waals surface area contributed by atoms with Gasteiger partial charge in [-0.3, -0.25) is 9.59 Å². The maximum Gasteiger partial charge on any atom is 0.573 e. The van der Waals surface area contributed by atoms with Crippen molar-refractivity contribution in [1.29, 1.82) is 0 Å². The van der Waals surface area contributed by atoms with Crippen molar-refractivity contribution in [3.05, 3.63) is 52.9 Å². The standard InChI is InChI=1S/C19H17F4N3O3/c1-10-6-14(26-17(25-10)8-15(27)12-3-4-12)18(28)24-9-11-2-5-16(13(20)7-11)29-19(21,22)23/h2,5-7,12H,3-4,8-9H2,1H3,(H,24,28). The van der Waals surface area contributed by atoms with E-state index in [0.29, 0.717) is 5.69 Å². The maximum absolute atomic E-state index is 13.7. The molecule has 0 unspecified atom stereocenters. The van der Waals surface area contributed by atoms with E-state index in [9.17, 15) is 27.2 Å². The highest BCUT2D eigenvalue weighted by Crippen LogP contribution is 2.30. The molecular weight excluding hydrogens is 394 g/mol. The lowest BCUT2D eigenvalue weighted by Gasteiger charge is -2.11. The predicted octanol–water partition coefficient (Wildman–Crippen LogP) is 3.27. The molecule has 10 heteroatoms. The Hall–Kier alpha value is -3.04. The molecule has 1 aliphatic carbocycles. The number of hydrogen-bond acceptors (Lipinski definition) is 5. The number of aromatic nitrogens is 2. The second-order valence-electron chi connectivity index (χ2n) is 6.72. The smallest absolute Gasteiger partial charge is 0.403 e. The summed E-state index contributed by atoms with van der Waals surface area (Å²) in [6.07, 6.45) is -3.22. The van der Waals surface area contributed by atoms with Crippen molar-refractivity contribution in [2.24, 2.45) is 5.92 Å². The van der Waals surface area contributed by atoms with Gasteiger partial charge >= 0.3 is 6.36 Å². The van der Waals surface area contributed by atoms with Gasteiger partial charge in [-0.15, -0.1) is 13.2 Å². The van der Waals surface area contributed by atoms with Gasteiger partial charge in [-0.05, 0) is 43.5 Å². The number of benzene rings is 1. The van der Waals surface area contributed by atoms with Gasteiger partial charge in [-0.25, -0.2) is 14.4 Å². The van der Waals surface area contributed by atoms with Gasteiger partial charge < -0.3 is 10.1 Å². The average molecular weight is 411 g/mol. The molecule has 2 aromatic rings. The fraction of sp³-hybridized carbons (Fsp3) is 0.368. The summed E-state index contributed by atoms with van der Waals surface area (Å²) in [6.45, 7) is 1.53. The van der Waals surface area contributed by atoms with Crippen LogP contribution in [0, 0.1) is 18.7 Å². The minimum absolute atomic E-state index is 0.0404. The number of Topliss-reactive ketones (excluding diaryl/α,β-unsaturated/α-hetero) is 1. The number of amides is 1. The van der Waals surface area contributed by atoms with Crippen LogP contribution in [0.2, 0.25) is 0 Å². The molecule has 0 radical (unpaired) electrons. The Morgan fingerprint density at radius 3 is 2.55 bits per heavy atom. The molecule has 6 nitrogen and oxygen atoms in total. The van der Waals surface area contributed by atoms with Gasteiger partial charge in [0.25, 0.3) is 5.91 Å². The van der Waals surface area contributed by atoms with Gasteiger partial charge in [0.05, 0.1) is 6.42 Å². The molecule has 1 aliphatic rings. The van der Waals surface area contributed by atoms with E-state index < -0.39 is 23.8 Å². The monoisotopic (exact) mass is 411 g/mol. The highest BCUT2D eigenvalue weighted by atomic mass is 19.4. The minimum atomic E-state index is -5.00. The Kier molecular flexibility index (Phi) is 5.81. The second kappa shape index (κ2) is 8.14. The maximum atomic E-state index is 13.7. The third kappa shape index (κ3) is 5.97. The second-order valence-corrected chi connectivity index (χ2v) is 6.72. The van der Waals surface area contributed by atoms with E-state index in [1.807, 2.05) is 0 Å². The van der Waals surface area contributed by atoms with E-state index in [4.69, 9.17) is 0 Å². The fourth-order valence-corrected chi connectivity index (χ4v) is 2.67. The summed E-state index contributed by atoms with van der Waals surface area (Å²) in [7, 11) is 0. The molecule has 1 fully saturated rings. The van der Waals surface area contributed by atoms with Gasteiger partial charge in [0.15, 0.2) is 11.6 Å². The van der Waals surface area contributed by atoms with E-state index in [1.165, 1.54) is 12.1 Å². The van der Waals surface area contributed by atoms with Crippen molar-refractivity contribution in [3.63, 3.8) is 0 Å². The third-order valence-electron chi connectivity index (χ3n) is 4.17. The van der Waals surface area contributed by atoms with Crippen LogP contribution in [0.25, 0.3) is 0 Å². The molecule has 3 rings (SSSR count). The molecule has 1 heterocycles. The molecular formula is C19H17F4N3O3. The number of rotatable bonds is 7. The van der Waals surface area contributed by atoms with Crippen molar-refractivity contribution >= 4 is 11.7 Å². The Labute approximate surface area is 163 Å². The van der Waals surface area contributed by atoms with Crippen LogP contribution in [0.15, 0.2) is 24.3 Å². The molecule has 1 N–H and O–H groups in total. The van der Waals surface area contributed by atoms with Crippen molar-refractivity contribution in [2.45, 2.75) is 39.1 Å². The van der Waals surface area contributed by atoms with Crippen molar-refractivity contribution < 1.29 is 31.9 Å². The summed E-state index contributed by atoms with van der Waals surface area (Å²) in [5.74, 6) is -2.38. The van der Waals surface area contributed by atoms with E-state index >= 15 is 0 Å². The van der Waals surface area contributed by atoms with Crippen LogP contribution in [-0.4, -0.2) is 28.0 Å². The number of nitrogens with one attached hydrogen (secondary N) is 1. The zero-order valence-corrected chi connectivity index (χ0v) is 15.3. The lowest BCUT2D eigenvalue weighted by atomic mass is 10.2. The number of nitrogens with zero attached hydrogens (tertiary/aromatic N) is 2. The van der Waals surface area contributed by atoms with Gasteiger partial charge in [-0.1, -0.05) is 6.07 Å². The van der Waals surface area contributed by atoms with Crippen LogP contribution in [-0.2, 0) is 17.8 Å². The number of carbonyl (C=O) groups excluding carboxylic acids is 2. The third-order valence-corrected chi connectivity index (χ3v) is 4.17. The zero-order valence-electron chi connectivity index (χ0n) is 15.3. The number of halogens is 4. The highest BCUT2D eigenvalue weighted by Gasteiger charge is 2.32. The number of ketones is 1. The van der Waals surface area contributed by atoms with Crippen LogP contribution in [0.4, 0.5) is 17.6 Å². The molecule has 0 bridgehead atoms. The lowest BCUT2D eigenvalue weighted by molar-refractivity contribution is -0.275. The molecule has 0 atom stereocenters. The summed E-state index contributed by atoms with van der Waals surface area (Å²) in [5, 5.41) is 2.51. The average Bonchev–Trinajstić information content (AvgIpc) is 3.45. The van der Waals surface area contributed by atoms with Crippen LogP contribution in [0.5, 0.6) is 5.75 Å². The van der Waals surface area contributed by atoms with Crippen LogP contribution in [0.3, 0.4) is 0 Å².